The van der Waals surface area contributed by atoms with E-state index in [0.717, 1.165) is 0 Å². The standard InChI is InChI=1S/C15H20N4O2/c1-3-21-13-6-4-5-12(16)14(13)15(20)18-11(2)9-19-8-7-17-10-19/h4-8,10-11H,3,9,16H2,1-2H3,(H,18,20). The topological polar surface area (TPSA) is 82.2 Å². The highest BCUT2D eigenvalue weighted by Gasteiger charge is 2.18. The van der Waals surface area contributed by atoms with E-state index < -0.39 is 0 Å². The molecule has 6 heteroatoms. The van der Waals surface area contributed by atoms with Gasteiger partial charge in [-0.15, -0.1) is 0 Å². The predicted octanol–water partition coefficient (Wildman–Crippen LogP) is 1.68. The molecule has 1 aromatic heterocycles. The molecule has 1 atom stereocenters. The molecule has 1 amide bonds. The summed E-state index contributed by atoms with van der Waals surface area (Å²) < 4.78 is 7.38. The maximum Gasteiger partial charge on any atom is 0.257 e. The summed E-state index contributed by atoms with van der Waals surface area (Å²) in [6.45, 7) is 4.92. The number of nitrogens with two attached hydrogens (primary N) is 1. The van der Waals surface area contributed by atoms with E-state index in [1.807, 2.05) is 24.6 Å². The Labute approximate surface area is 123 Å². The molecular weight excluding hydrogens is 268 g/mol. The first-order chi connectivity index (χ1) is 10.1. The number of imidazole rings is 1. The van der Waals surface area contributed by atoms with Gasteiger partial charge in [0.2, 0.25) is 0 Å². The second-order valence-corrected chi connectivity index (χ2v) is 4.79. The van der Waals surface area contributed by atoms with Crippen LogP contribution in [0.2, 0.25) is 0 Å². The Morgan fingerprint density at radius 2 is 2.33 bits per heavy atom. The Hall–Kier alpha value is -2.50. The molecule has 0 aliphatic carbocycles. The number of nitrogens with zero attached hydrogens (tertiary/aromatic N) is 2. The third-order valence-electron chi connectivity index (χ3n) is 3.01. The van der Waals surface area contributed by atoms with Crippen molar-refractivity contribution in [3.8, 4) is 5.75 Å². The van der Waals surface area contributed by atoms with Crippen molar-refractivity contribution in [3.05, 3.63) is 42.5 Å². The van der Waals surface area contributed by atoms with E-state index in [4.69, 9.17) is 10.5 Å². The van der Waals surface area contributed by atoms with Gasteiger partial charge in [0.15, 0.2) is 0 Å². The lowest BCUT2D eigenvalue weighted by atomic mass is 10.1. The number of hydrogen-bond acceptors (Lipinski definition) is 4. The predicted molar refractivity (Wildman–Crippen MR) is 81.2 cm³/mol. The lowest BCUT2D eigenvalue weighted by molar-refractivity contribution is 0.0934. The van der Waals surface area contributed by atoms with Gasteiger partial charge in [0.1, 0.15) is 11.3 Å². The van der Waals surface area contributed by atoms with Crippen molar-refractivity contribution in [1.82, 2.24) is 14.9 Å². The first kappa shape index (κ1) is 14.9. The molecule has 1 aromatic carbocycles. The summed E-state index contributed by atoms with van der Waals surface area (Å²) in [5.74, 6) is 0.272. The van der Waals surface area contributed by atoms with E-state index in [2.05, 4.69) is 10.3 Å². The van der Waals surface area contributed by atoms with Gasteiger partial charge in [0, 0.05) is 30.7 Å². The number of nitrogens with one attached hydrogen (secondary N) is 1. The lowest BCUT2D eigenvalue weighted by Crippen LogP contribution is -2.36. The molecule has 0 radical (unpaired) electrons. The van der Waals surface area contributed by atoms with E-state index >= 15 is 0 Å². The van der Waals surface area contributed by atoms with Crippen LogP contribution in [0, 0.1) is 0 Å². The highest BCUT2D eigenvalue weighted by atomic mass is 16.5. The summed E-state index contributed by atoms with van der Waals surface area (Å²) >= 11 is 0. The Morgan fingerprint density at radius 1 is 1.52 bits per heavy atom. The van der Waals surface area contributed by atoms with Crippen LogP contribution in [0.15, 0.2) is 36.9 Å². The van der Waals surface area contributed by atoms with Crippen molar-refractivity contribution in [2.24, 2.45) is 0 Å². The minimum Gasteiger partial charge on any atom is -0.493 e. The fourth-order valence-electron chi connectivity index (χ4n) is 2.12. The molecule has 0 aliphatic rings. The van der Waals surface area contributed by atoms with Crippen molar-refractivity contribution >= 4 is 11.6 Å². The first-order valence-electron chi connectivity index (χ1n) is 6.89. The molecule has 1 heterocycles. The molecule has 112 valence electrons. The van der Waals surface area contributed by atoms with Gasteiger partial charge in [-0.2, -0.15) is 0 Å². The molecule has 2 rings (SSSR count). The summed E-state index contributed by atoms with van der Waals surface area (Å²) in [6, 6.07) is 5.15. The van der Waals surface area contributed by atoms with Gasteiger partial charge < -0.3 is 20.4 Å². The summed E-state index contributed by atoms with van der Waals surface area (Å²) in [5.41, 5.74) is 6.70. The van der Waals surface area contributed by atoms with Gasteiger partial charge in [-0.1, -0.05) is 6.07 Å². The minimum absolute atomic E-state index is 0.0548. The average Bonchev–Trinajstić information content (AvgIpc) is 2.91. The van der Waals surface area contributed by atoms with Gasteiger partial charge in [-0.05, 0) is 26.0 Å². The third kappa shape index (κ3) is 3.75. The molecular formula is C15H20N4O2. The molecule has 0 saturated carbocycles. The van der Waals surface area contributed by atoms with Crippen molar-refractivity contribution in [3.63, 3.8) is 0 Å². The lowest BCUT2D eigenvalue weighted by Gasteiger charge is -2.17. The van der Waals surface area contributed by atoms with Crippen molar-refractivity contribution in [1.29, 1.82) is 0 Å². The smallest absolute Gasteiger partial charge is 0.257 e. The summed E-state index contributed by atoms with van der Waals surface area (Å²) in [6.07, 6.45) is 5.27. The molecule has 0 aliphatic heterocycles. The summed E-state index contributed by atoms with van der Waals surface area (Å²) in [5, 5.41) is 2.93. The number of hydrogen-bond donors (Lipinski definition) is 2. The normalized spacial score (nSPS) is 11.9. The van der Waals surface area contributed by atoms with E-state index in [-0.39, 0.29) is 11.9 Å². The molecule has 2 aromatic rings. The maximum absolute atomic E-state index is 12.4. The van der Waals surface area contributed by atoms with Gasteiger partial charge in [-0.25, -0.2) is 4.98 Å². The highest BCUT2D eigenvalue weighted by molar-refractivity contribution is 6.02. The third-order valence-corrected chi connectivity index (χ3v) is 3.01. The first-order valence-corrected chi connectivity index (χ1v) is 6.89. The second kappa shape index (κ2) is 6.78. The van der Waals surface area contributed by atoms with Crippen LogP contribution in [0.25, 0.3) is 0 Å². The quantitative estimate of drug-likeness (QED) is 0.792. The Bertz CT molecular complexity index is 596. The zero-order chi connectivity index (χ0) is 15.2. The van der Waals surface area contributed by atoms with Crippen molar-refractivity contribution < 1.29 is 9.53 Å². The SMILES string of the molecule is CCOc1cccc(N)c1C(=O)NC(C)Cn1ccnc1. The van der Waals surface area contributed by atoms with Crippen LogP contribution in [0.4, 0.5) is 5.69 Å². The van der Waals surface area contributed by atoms with Crippen LogP contribution in [0.1, 0.15) is 24.2 Å². The van der Waals surface area contributed by atoms with E-state index in [1.54, 1.807) is 30.7 Å². The van der Waals surface area contributed by atoms with Crippen molar-refractivity contribution in [2.75, 3.05) is 12.3 Å². The van der Waals surface area contributed by atoms with Crippen LogP contribution in [0.3, 0.4) is 0 Å². The van der Waals surface area contributed by atoms with Gasteiger partial charge >= 0.3 is 0 Å². The zero-order valence-electron chi connectivity index (χ0n) is 12.2. The number of nitrogen functional groups attached to an aromatic ring is 1. The van der Waals surface area contributed by atoms with Crippen LogP contribution >= 0.6 is 0 Å². The summed E-state index contributed by atoms with van der Waals surface area (Å²) in [7, 11) is 0. The number of anilines is 1. The number of amides is 1. The Morgan fingerprint density at radius 3 is 3.00 bits per heavy atom. The number of ether oxygens (including phenoxy) is 1. The van der Waals surface area contributed by atoms with Gasteiger partial charge in [0.25, 0.3) is 5.91 Å². The molecule has 21 heavy (non-hydrogen) atoms. The number of benzene rings is 1. The maximum atomic E-state index is 12.4. The largest absolute Gasteiger partial charge is 0.493 e. The summed E-state index contributed by atoms with van der Waals surface area (Å²) in [4.78, 5) is 16.4. The average molecular weight is 288 g/mol. The van der Waals surface area contributed by atoms with Gasteiger partial charge in [-0.3, -0.25) is 4.79 Å². The van der Waals surface area contributed by atoms with Crippen LogP contribution < -0.4 is 15.8 Å². The number of carbonyl (C=O) groups is 1. The number of aromatic nitrogens is 2. The van der Waals surface area contributed by atoms with E-state index in [9.17, 15) is 4.79 Å². The van der Waals surface area contributed by atoms with Crippen LogP contribution in [0.5, 0.6) is 5.75 Å². The molecule has 0 bridgehead atoms. The Balaban J connectivity index is 2.09. The molecule has 1 unspecified atom stereocenters. The van der Waals surface area contributed by atoms with E-state index in [1.165, 1.54) is 0 Å². The van der Waals surface area contributed by atoms with Crippen molar-refractivity contribution in [2.45, 2.75) is 26.4 Å². The molecule has 0 spiro atoms. The van der Waals surface area contributed by atoms with Crippen LogP contribution in [-0.2, 0) is 6.54 Å². The number of carbonyl (C=O) groups excluding carboxylic acids is 1. The molecule has 0 fully saturated rings. The Kier molecular flexibility index (Phi) is 4.81. The van der Waals surface area contributed by atoms with Crippen LogP contribution in [-0.4, -0.2) is 28.1 Å². The fraction of sp³-hybridized carbons (Fsp3) is 0.333. The van der Waals surface area contributed by atoms with E-state index in [0.29, 0.717) is 30.2 Å². The fourth-order valence-corrected chi connectivity index (χ4v) is 2.12. The molecule has 6 nitrogen and oxygen atoms in total. The molecule has 0 saturated heterocycles. The highest BCUT2D eigenvalue weighted by Crippen LogP contribution is 2.24. The minimum atomic E-state index is -0.232. The second-order valence-electron chi connectivity index (χ2n) is 4.79. The number of rotatable bonds is 6. The monoisotopic (exact) mass is 288 g/mol. The zero-order valence-corrected chi connectivity index (χ0v) is 12.2. The van der Waals surface area contributed by atoms with Gasteiger partial charge in [0.05, 0.1) is 12.9 Å². The molecule has 3 N–H and O–H groups in total.